The Morgan fingerprint density at radius 3 is 2.59 bits per heavy atom. The smallest absolute Gasteiger partial charge is 0.349 e. The van der Waals surface area contributed by atoms with Crippen molar-refractivity contribution < 1.29 is 18.7 Å². The van der Waals surface area contributed by atoms with Crippen LogP contribution in [-0.2, 0) is 0 Å². The topological polar surface area (TPSA) is 69.0 Å². The number of ether oxygens (including phenoxy) is 2. The molecule has 22 heavy (non-hydrogen) atoms. The van der Waals surface area contributed by atoms with Crippen LogP contribution >= 0.6 is 0 Å². The highest BCUT2D eigenvalue weighted by molar-refractivity contribution is 6.02. The van der Waals surface area contributed by atoms with Gasteiger partial charge in [0.1, 0.15) is 18.8 Å². The van der Waals surface area contributed by atoms with Crippen molar-refractivity contribution in [2.75, 3.05) is 31.2 Å². The molecule has 1 aromatic heterocycles. The molecule has 0 fully saturated rings. The number of anilines is 1. The summed E-state index contributed by atoms with van der Waals surface area (Å²) < 4.78 is 16.5. The van der Waals surface area contributed by atoms with Crippen LogP contribution in [0.15, 0.2) is 21.3 Å². The summed E-state index contributed by atoms with van der Waals surface area (Å²) in [6, 6.07) is 3.57. The lowest BCUT2D eigenvalue weighted by molar-refractivity contribution is 0.112. The highest BCUT2D eigenvalue weighted by Crippen LogP contribution is 2.40. The quantitative estimate of drug-likeness (QED) is 0.637. The van der Waals surface area contributed by atoms with E-state index in [0.29, 0.717) is 60.7 Å². The van der Waals surface area contributed by atoms with Crippen molar-refractivity contribution in [3.63, 3.8) is 0 Å². The van der Waals surface area contributed by atoms with Crippen molar-refractivity contribution in [3.05, 3.63) is 28.1 Å². The molecule has 0 bridgehead atoms. The summed E-state index contributed by atoms with van der Waals surface area (Å²) in [5.74, 6) is 0.970. The molecule has 116 valence electrons. The maximum atomic E-state index is 12.2. The monoisotopic (exact) mass is 303 g/mol. The molecule has 2 aromatic rings. The molecule has 0 atom stereocenters. The number of carbonyl (C=O) groups is 1. The van der Waals surface area contributed by atoms with Crippen LogP contribution < -0.4 is 20.0 Å². The summed E-state index contributed by atoms with van der Waals surface area (Å²) in [6.45, 7) is 6.13. The number of carbonyl (C=O) groups excluding carboxylic acids is 1. The molecule has 0 spiro atoms. The summed E-state index contributed by atoms with van der Waals surface area (Å²) in [5.41, 5.74) is 0.290. The Balaban J connectivity index is 2.40. The number of benzene rings is 1. The summed E-state index contributed by atoms with van der Waals surface area (Å²) in [4.78, 5) is 25.5. The van der Waals surface area contributed by atoms with Crippen molar-refractivity contribution in [1.29, 1.82) is 0 Å². The molecular weight excluding hydrogens is 286 g/mol. The predicted octanol–water partition coefficient (Wildman–Crippen LogP) is 2.22. The molecule has 0 N–H and O–H groups in total. The van der Waals surface area contributed by atoms with Gasteiger partial charge in [0.15, 0.2) is 17.6 Å². The van der Waals surface area contributed by atoms with Gasteiger partial charge in [-0.2, -0.15) is 0 Å². The molecule has 0 radical (unpaired) electrons. The first-order valence-electron chi connectivity index (χ1n) is 7.30. The third-order valence-electron chi connectivity index (χ3n) is 3.79. The second-order valence-corrected chi connectivity index (χ2v) is 4.91. The van der Waals surface area contributed by atoms with Gasteiger partial charge in [0.2, 0.25) is 5.75 Å². The van der Waals surface area contributed by atoms with Crippen molar-refractivity contribution in [2.24, 2.45) is 0 Å². The largest absolute Gasteiger partial charge is 0.486 e. The summed E-state index contributed by atoms with van der Waals surface area (Å²) >= 11 is 0. The van der Waals surface area contributed by atoms with E-state index in [1.54, 1.807) is 12.1 Å². The summed E-state index contributed by atoms with van der Waals surface area (Å²) in [6.07, 6.45) is 0.551. The van der Waals surface area contributed by atoms with Gasteiger partial charge in [-0.3, -0.25) is 4.79 Å². The van der Waals surface area contributed by atoms with Crippen LogP contribution in [-0.4, -0.2) is 32.6 Å². The second-order valence-electron chi connectivity index (χ2n) is 4.91. The highest BCUT2D eigenvalue weighted by Gasteiger charge is 2.24. The molecule has 3 rings (SSSR count). The van der Waals surface area contributed by atoms with Crippen molar-refractivity contribution >= 4 is 22.9 Å². The lowest BCUT2D eigenvalue weighted by Crippen LogP contribution is -2.26. The van der Waals surface area contributed by atoms with Gasteiger partial charge in [-0.25, -0.2) is 4.79 Å². The summed E-state index contributed by atoms with van der Waals surface area (Å²) in [7, 11) is 0. The van der Waals surface area contributed by atoms with Gasteiger partial charge in [0, 0.05) is 18.5 Å². The molecule has 1 aliphatic heterocycles. The molecule has 0 unspecified atom stereocenters. The van der Waals surface area contributed by atoms with Gasteiger partial charge in [0.05, 0.1) is 5.69 Å². The molecule has 1 aromatic carbocycles. The van der Waals surface area contributed by atoms with Gasteiger partial charge < -0.3 is 18.8 Å². The average Bonchev–Trinajstić information content (AvgIpc) is 2.55. The van der Waals surface area contributed by atoms with Crippen molar-refractivity contribution in [3.8, 4) is 11.5 Å². The van der Waals surface area contributed by atoms with Gasteiger partial charge in [-0.15, -0.1) is 0 Å². The number of fused-ring (bicyclic) bond motifs is 3. The van der Waals surface area contributed by atoms with Crippen LogP contribution in [0.5, 0.6) is 11.5 Å². The van der Waals surface area contributed by atoms with Gasteiger partial charge >= 0.3 is 5.63 Å². The molecule has 0 aliphatic carbocycles. The number of hydrogen-bond acceptors (Lipinski definition) is 6. The fraction of sp³-hybridized carbons (Fsp3) is 0.375. The predicted molar refractivity (Wildman–Crippen MR) is 82.4 cm³/mol. The van der Waals surface area contributed by atoms with E-state index in [9.17, 15) is 9.59 Å². The molecule has 6 nitrogen and oxygen atoms in total. The number of nitrogens with zero attached hydrogens (tertiary/aromatic N) is 1. The van der Waals surface area contributed by atoms with E-state index in [1.165, 1.54) is 0 Å². The molecule has 0 amide bonds. The Labute approximate surface area is 127 Å². The Bertz CT molecular complexity index is 776. The lowest BCUT2D eigenvalue weighted by Gasteiger charge is -2.25. The maximum absolute atomic E-state index is 12.2. The zero-order valence-electron chi connectivity index (χ0n) is 12.5. The van der Waals surface area contributed by atoms with E-state index >= 15 is 0 Å². The number of aldehydes is 1. The molecule has 1 aliphatic rings. The van der Waals surface area contributed by atoms with Crippen LogP contribution in [0.4, 0.5) is 5.69 Å². The fourth-order valence-corrected chi connectivity index (χ4v) is 2.75. The average molecular weight is 303 g/mol. The SMILES string of the molecule is CCN(CC)c1c(C=O)c(=O)oc2c3c(ccc12)OCCO3. The standard InChI is InChI=1S/C16H17NO5/c1-3-17(4-2)13-10-5-6-12-15(21-8-7-20-12)14(10)22-16(19)11(13)9-18/h5-6,9H,3-4,7-8H2,1-2H3. The van der Waals surface area contributed by atoms with Crippen LogP contribution in [0.1, 0.15) is 24.2 Å². The number of rotatable bonds is 4. The molecule has 0 saturated heterocycles. The minimum Gasteiger partial charge on any atom is -0.486 e. The Kier molecular flexibility index (Phi) is 3.75. The zero-order chi connectivity index (χ0) is 15.7. The van der Waals surface area contributed by atoms with E-state index in [4.69, 9.17) is 13.9 Å². The molecule has 2 heterocycles. The second kappa shape index (κ2) is 5.71. The van der Waals surface area contributed by atoms with Crippen LogP contribution in [0.3, 0.4) is 0 Å². The Hall–Kier alpha value is -2.50. The molecule has 6 heteroatoms. The number of hydrogen-bond donors (Lipinski definition) is 0. The van der Waals surface area contributed by atoms with E-state index in [2.05, 4.69) is 0 Å². The lowest BCUT2D eigenvalue weighted by atomic mass is 10.1. The normalized spacial score (nSPS) is 13.2. The fourth-order valence-electron chi connectivity index (χ4n) is 2.75. The maximum Gasteiger partial charge on any atom is 0.349 e. The molecule has 0 saturated carbocycles. The van der Waals surface area contributed by atoms with Crippen molar-refractivity contribution in [1.82, 2.24) is 0 Å². The van der Waals surface area contributed by atoms with Gasteiger partial charge in [-0.05, 0) is 26.0 Å². The van der Waals surface area contributed by atoms with E-state index in [0.717, 1.165) is 0 Å². The molecular formula is C16H17NO5. The van der Waals surface area contributed by atoms with Gasteiger partial charge in [0.25, 0.3) is 0 Å². The van der Waals surface area contributed by atoms with Crippen LogP contribution in [0, 0.1) is 0 Å². The Morgan fingerprint density at radius 2 is 1.91 bits per heavy atom. The van der Waals surface area contributed by atoms with Gasteiger partial charge in [-0.1, -0.05) is 0 Å². The Morgan fingerprint density at radius 1 is 1.18 bits per heavy atom. The van der Waals surface area contributed by atoms with E-state index in [1.807, 2.05) is 18.7 Å². The minimum atomic E-state index is -0.660. The first-order valence-corrected chi connectivity index (χ1v) is 7.30. The first-order chi connectivity index (χ1) is 10.7. The first kappa shape index (κ1) is 14.4. The minimum absolute atomic E-state index is 0.0351. The van der Waals surface area contributed by atoms with E-state index < -0.39 is 5.63 Å². The van der Waals surface area contributed by atoms with Crippen LogP contribution in [0.25, 0.3) is 11.0 Å². The third-order valence-corrected chi connectivity index (χ3v) is 3.79. The van der Waals surface area contributed by atoms with Crippen molar-refractivity contribution in [2.45, 2.75) is 13.8 Å². The summed E-state index contributed by atoms with van der Waals surface area (Å²) in [5, 5.41) is 0.676. The highest BCUT2D eigenvalue weighted by atomic mass is 16.6. The van der Waals surface area contributed by atoms with E-state index in [-0.39, 0.29) is 5.56 Å². The third kappa shape index (κ3) is 2.11. The van der Waals surface area contributed by atoms with Crippen LogP contribution in [0.2, 0.25) is 0 Å². The zero-order valence-corrected chi connectivity index (χ0v) is 12.5.